The molecule has 2 nitrogen and oxygen atoms in total. The summed E-state index contributed by atoms with van der Waals surface area (Å²) in [4.78, 5) is 4.81. The maximum Gasteiger partial charge on any atom is 0.0709 e. The summed E-state index contributed by atoms with van der Waals surface area (Å²) in [5, 5.41) is 5.27. The van der Waals surface area contributed by atoms with Crippen molar-refractivity contribution in [1.29, 1.82) is 0 Å². The average Bonchev–Trinajstić information content (AvgIpc) is 2.39. The highest BCUT2D eigenvalue weighted by molar-refractivity contribution is 6.31. The molecular weight excluding hydrogens is 244 g/mol. The van der Waals surface area contributed by atoms with Crippen LogP contribution in [-0.2, 0) is 19.4 Å². The van der Waals surface area contributed by atoms with Crippen molar-refractivity contribution in [1.82, 2.24) is 10.3 Å². The monoisotopic (exact) mass is 260 g/mol. The number of aromatic nitrogens is 1. The normalized spacial score (nSPS) is 14.8. The number of aryl methyl sites for hydroxylation is 1. The van der Waals surface area contributed by atoms with Crippen molar-refractivity contribution >= 4 is 22.5 Å². The Hall–Kier alpha value is -1.12. The molecule has 1 aromatic heterocycles. The molecule has 0 fully saturated rings. The van der Waals surface area contributed by atoms with E-state index in [2.05, 4.69) is 5.32 Å². The second-order valence-corrected chi connectivity index (χ2v) is 5.35. The minimum absolute atomic E-state index is 0.789. The van der Waals surface area contributed by atoms with Gasteiger partial charge in [-0.1, -0.05) is 11.6 Å². The summed E-state index contributed by atoms with van der Waals surface area (Å²) in [5.74, 6) is 0. The Morgan fingerprint density at radius 3 is 2.94 bits per heavy atom. The van der Waals surface area contributed by atoms with E-state index in [1.165, 1.54) is 35.0 Å². The fraction of sp³-hybridized carbons (Fsp3) is 0.400. The van der Waals surface area contributed by atoms with Crippen LogP contribution in [0.15, 0.2) is 18.2 Å². The predicted molar refractivity (Wildman–Crippen MR) is 76.2 cm³/mol. The Balaban J connectivity index is 2.30. The first kappa shape index (κ1) is 11.9. The third-order valence-corrected chi connectivity index (χ3v) is 3.93. The molecule has 0 atom stereocenters. The van der Waals surface area contributed by atoms with Crippen LogP contribution in [0.1, 0.15) is 29.7 Å². The molecule has 3 heteroatoms. The Bertz CT molecular complexity index is 593. The molecule has 0 bridgehead atoms. The summed E-state index contributed by atoms with van der Waals surface area (Å²) < 4.78 is 0. The van der Waals surface area contributed by atoms with Crippen molar-refractivity contribution in [2.24, 2.45) is 0 Å². The van der Waals surface area contributed by atoms with Gasteiger partial charge in [-0.2, -0.15) is 0 Å². The average molecular weight is 261 g/mol. The van der Waals surface area contributed by atoms with Gasteiger partial charge in [0, 0.05) is 22.6 Å². The lowest BCUT2D eigenvalue weighted by Gasteiger charge is -2.20. The standard InChI is InChI=1S/C15H17ClN2/c1-17-9-13-11-4-2-3-5-14(11)18-15-7-6-10(16)8-12(13)15/h6-8,17H,2-5,9H2,1H3. The highest BCUT2D eigenvalue weighted by Crippen LogP contribution is 2.30. The van der Waals surface area contributed by atoms with Crippen LogP contribution in [0.5, 0.6) is 0 Å². The first-order chi connectivity index (χ1) is 8.79. The Morgan fingerprint density at radius 2 is 2.11 bits per heavy atom. The second-order valence-electron chi connectivity index (χ2n) is 4.91. The quantitative estimate of drug-likeness (QED) is 0.894. The zero-order valence-electron chi connectivity index (χ0n) is 10.6. The van der Waals surface area contributed by atoms with Crippen molar-refractivity contribution in [3.63, 3.8) is 0 Å². The summed E-state index contributed by atoms with van der Waals surface area (Å²) >= 11 is 6.13. The van der Waals surface area contributed by atoms with Crippen LogP contribution in [0.4, 0.5) is 0 Å². The van der Waals surface area contributed by atoms with Crippen molar-refractivity contribution in [2.75, 3.05) is 7.05 Å². The van der Waals surface area contributed by atoms with Gasteiger partial charge in [-0.15, -0.1) is 0 Å². The molecule has 0 radical (unpaired) electrons. The van der Waals surface area contributed by atoms with Gasteiger partial charge in [0.2, 0.25) is 0 Å². The van der Waals surface area contributed by atoms with Gasteiger partial charge in [-0.05, 0) is 62.1 Å². The van der Waals surface area contributed by atoms with E-state index in [9.17, 15) is 0 Å². The summed E-state index contributed by atoms with van der Waals surface area (Å²) in [6, 6.07) is 6.01. The third-order valence-electron chi connectivity index (χ3n) is 3.70. The van der Waals surface area contributed by atoms with Gasteiger partial charge in [0.25, 0.3) is 0 Å². The molecular formula is C15H17ClN2. The van der Waals surface area contributed by atoms with Gasteiger partial charge in [-0.25, -0.2) is 0 Å². The molecule has 1 aromatic carbocycles. The van der Waals surface area contributed by atoms with Crippen molar-refractivity contribution in [3.05, 3.63) is 40.0 Å². The van der Waals surface area contributed by atoms with Crippen molar-refractivity contribution in [2.45, 2.75) is 32.2 Å². The molecule has 1 N–H and O–H groups in total. The molecule has 2 aromatic rings. The maximum absolute atomic E-state index is 6.13. The summed E-state index contributed by atoms with van der Waals surface area (Å²) in [5.41, 5.74) is 5.21. The molecule has 94 valence electrons. The van der Waals surface area contributed by atoms with Gasteiger partial charge in [0.05, 0.1) is 5.52 Å². The Labute approximate surface area is 112 Å². The van der Waals surface area contributed by atoms with E-state index >= 15 is 0 Å². The van der Waals surface area contributed by atoms with Gasteiger partial charge in [-0.3, -0.25) is 4.98 Å². The van der Waals surface area contributed by atoms with Crippen LogP contribution in [0.3, 0.4) is 0 Å². The van der Waals surface area contributed by atoms with E-state index in [-0.39, 0.29) is 0 Å². The lowest BCUT2D eigenvalue weighted by molar-refractivity contribution is 0.659. The van der Waals surface area contributed by atoms with Gasteiger partial charge < -0.3 is 5.32 Å². The number of rotatable bonds is 2. The van der Waals surface area contributed by atoms with Crippen LogP contribution >= 0.6 is 11.6 Å². The smallest absolute Gasteiger partial charge is 0.0709 e. The first-order valence-corrected chi connectivity index (χ1v) is 6.92. The second kappa shape index (κ2) is 4.87. The van der Waals surface area contributed by atoms with E-state index in [4.69, 9.17) is 16.6 Å². The fourth-order valence-corrected chi connectivity index (χ4v) is 3.04. The van der Waals surface area contributed by atoms with Gasteiger partial charge in [0.15, 0.2) is 0 Å². The van der Waals surface area contributed by atoms with Gasteiger partial charge >= 0.3 is 0 Å². The minimum Gasteiger partial charge on any atom is -0.316 e. The molecule has 1 heterocycles. The highest BCUT2D eigenvalue weighted by Gasteiger charge is 2.17. The lowest BCUT2D eigenvalue weighted by atomic mass is 9.90. The zero-order valence-corrected chi connectivity index (χ0v) is 11.3. The van der Waals surface area contributed by atoms with E-state index in [0.29, 0.717) is 0 Å². The number of nitrogens with one attached hydrogen (secondary N) is 1. The van der Waals surface area contributed by atoms with E-state index in [1.54, 1.807) is 0 Å². The lowest BCUT2D eigenvalue weighted by Crippen LogP contribution is -2.14. The highest BCUT2D eigenvalue weighted by atomic mass is 35.5. The molecule has 18 heavy (non-hydrogen) atoms. The topological polar surface area (TPSA) is 24.9 Å². The van der Waals surface area contributed by atoms with Crippen LogP contribution in [-0.4, -0.2) is 12.0 Å². The van der Waals surface area contributed by atoms with E-state index in [0.717, 1.165) is 29.9 Å². The molecule has 0 amide bonds. The largest absolute Gasteiger partial charge is 0.316 e. The maximum atomic E-state index is 6.13. The fourth-order valence-electron chi connectivity index (χ4n) is 2.87. The molecule has 1 aliphatic carbocycles. The number of fused-ring (bicyclic) bond motifs is 2. The van der Waals surface area contributed by atoms with Crippen LogP contribution in [0, 0.1) is 0 Å². The molecule has 0 saturated carbocycles. The Morgan fingerprint density at radius 1 is 1.28 bits per heavy atom. The predicted octanol–water partition coefficient (Wildman–Crippen LogP) is 3.49. The summed E-state index contributed by atoms with van der Waals surface area (Å²) in [6.45, 7) is 0.891. The zero-order chi connectivity index (χ0) is 12.5. The van der Waals surface area contributed by atoms with Gasteiger partial charge in [0.1, 0.15) is 0 Å². The number of hydrogen-bond acceptors (Lipinski definition) is 2. The SMILES string of the molecule is CNCc1c2c(nc3ccc(Cl)cc13)CCCC2. The van der Waals surface area contributed by atoms with Crippen LogP contribution < -0.4 is 5.32 Å². The molecule has 0 saturated heterocycles. The van der Waals surface area contributed by atoms with E-state index < -0.39 is 0 Å². The first-order valence-electron chi connectivity index (χ1n) is 6.54. The number of benzene rings is 1. The molecule has 0 aliphatic heterocycles. The van der Waals surface area contributed by atoms with Crippen LogP contribution in [0.2, 0.25) is 5.02 Å². The molecule has 0 unspecified atom stereocenters. The van der Waals surface area contributed by atoms with Crippen molar-refractivity contribution in [3.8, 4) is 0 Å². The molecule has 0 spiro atoms. The number of nitrogens with zero attached hydrogens (tertiary/aromatic N) is 1. The number of pyridine rings is 1. The molecule has 3 rings (SSSR count). The number of halogens is 1. The summed E-state index contributed by atoms with van der Waals surface area (Å²) in [6.07, 6.45) is 4.81. The minimum atomic E-state index is 0.789. The van der Waals surface area contributed by atoms with Crippen molar-refractivity contribution < 1.29 is 0 Å². The number of hydrogen-bond donors (Lipinski definition) is 1. The molecule has 1 aliphatic rings. The van der Waals surface area contributed by atoms with E-state index in [1.807, 2.05) is 25.2 Å². The Kier molecular flexibility index (Phi) is 3.23. The third kappa shape index (κ3) is 2.00. The van der Waals surface area contributed by atoms with Crippen LogP contribution in [0.25, 0.3) is 10.9 Å². The summed E-state index contributed by atoms with van der Waals surface area (Å²) in [7, 11) is 1.99.